The van der Waals surface area contributed by atoms with Gasteiger partial charge in [-0.05, 0) is 33.1 Å². The molecule has 20 heavy (non-hydrogen) atoms. The summed E-state index contributed by atoms with van der Waals surface area (Å²) in [6, 6.07) is -0.512. The Bertz CT molecular complexity index is 511. The molecule has 2 rings (SSSR count). The van der Waals surface area contributed by atoms with Crippen LogP contribution in [-0.2, 0) is 4.79 Å². The standard InChI is InChI=1S/C13H19N3O3S/c1-8-7-20-11(14-8)9(2)15-12(19)16-13(4-3-5-13)6-10(17)18/h7,9H,3-6H2,1-2H3,(H,17,18)(H2,15,16,19). The lowest BCUT2D eigenvalue weighted by molar-refractivity contribution is -0.139. The third kappa shape index (κ3) is 3.47. The van der Waals surface area contributed by atoms with Gasteiger partial charge in [-0.2, -0.15) is 0 Å². The molecule has 1 saturated carbocycles. The van der Waals surface area contributed by atoms with Crippen molar-refractivity contribution in [1.29, 1.82) is 0 Å². The second-order valence-corrected chi connectivity index (χ2v) is 6.24. The zero-order chi connectivity index (χ0) is 14.8. The van der Waals surface area contributed by atoms with Gasteiger partial charge in [0.2, 0.25) is 0 Å². The molecule has 0 aromatic carbocycles. The zero-order valence-corrected chi connectivity index (χ0v) is 12.4. The topological polar surface area (TPSA) is 91.3 Å². The van der Waals surface area contributed by atoms with Crippen molar-refractivity contribution in [3.63, 3.8) is 0 Å². The Morgan fingerprint density at radius 3 is 2.70 bits per heavy atom. The molecular formula is C13H19N3O3S. The van der Waals surface area contributed by atoms with Gasteiger partial charge in [0.25, 0.3) is 0 Å². The monoisotopic (exact) mass is 297 g/mol. The Kier molecular flexibility index (Phi) is 4.27. The maximum atomic E-state index is 12.0. The van der Waals surface area contributed by atoms with Crippen molar-refractivity contribution in [3.05, 3.63) is 16.1 Å². The van der Waals surface area contributed by atoms with Gasteiger partial charge in [0.1, 0.15) is 5.01 Å². The van der Waals surface area contributed by atoms with E-state index in [-0.39, 0.29) is 18.5 Å². The van der Waals surface area contributed by atoms with E-state index in [1.54, 1.807) is 0 Å². The Labute approximate surface area is 121 Å². The SMILES string of the molecule is Cc1csc(C(C)NC(=O)NC2(CC(=O)O)CCC2)n1. The highest BCUT2D eigenvalue weighted by atomic mass is 32.1. The lowest BCUT2D eigenvalue weighted by Gasteiger charge is -2.41. The van der Waals surface area contributed by atoms with Gasteiger partial charge in [0, 0.05) is 11.1 Å². The minimum absolute atomic E-state index is 0.0227. The number of nitrogens with zero attached hydrogens (tertiary/aromatic N) is 1. The first kappa shape index (κ1) is 14.8. The minimum Gasteiger partial charge on any atom is -0.481 e. The molecular weight excluding hydrogens is 278 g/mol. The maximum absolute atomic E-state index is 12.0. The van der Waals surface area contributed by atoms with E-state index >= 15 is 0 Å². The molecule has 7 heteroatoms. The molecule has 1 fully saturated rings. The summed E-state index contributed by atoms with van der Waals surface area (Å²) in [7, 11) is 0. The average molecular weight is 297 g/mol. The van der Waals surface area contributed by atoms with E-state index in [4.69, 9.17) is 5.11 Å². The second-order valence-electron chi connectivity index (χ2n) is 5.35. The summed E-state index contributed by atoms with van der Waals surface area (Å²) in [6.07, 6.45) is 2.37. The number of urea groups is 1. The first-order valence-corrected chi connectivity index (χ1v) is 7.51. The zero-order valence-electron chi connectivity index (χ0n) is 11.6. The number of carbonyl (C=O) groups excluding carboxylic acids is 1. The molecule has 0 spiro atoms. The number of hydrogen-bond donors (Lipinski definition) is 3. The van der Waals surface area contributed by atoms with Crippen LogP contribution in [0.2, 0.25) is 0 Å². The number of aliphatic carboxylic acids is 1. The van der Waals surface area contributed by atoms with E-state index in [2.05, 4.69) is 15.6 Å². The van der Waals surface area contributed by atoms with Crippen molar-refractivity contribution >= 4 is 23.3 Å². The Hall–Kier alpha value is -1.63. The van der Waals surface area contributed by atoms with Crippen LogP contribution in [0.25, 0.3) is 0 Å². The average Bonchev–Trinajstić information content (AvgIpc) is 2.72. The van der Waals surface area contributed by atoms with Gasteiger partial charge in [-0.1, -0.05) is 0 Å². The van der Waals surface area contributed by atoms with E-state index in [1.165, 1.54) is 11.3 Å². The predicted molar refractivity (Wildman–Crippen MR) is 75.8 cm³/mol. The molecule has 2 amide bonds. The van der Waals surface area contributed by atoms with Gasteiger partial charge in [0.05, 0.1) is 18.0 Å². The number of aryl methyl sites for hydroxylation is 1. The lowest BCUT2D eigenvalue weighted by atomic mass is 9.74. The van der Waals surface area contributed by atoms with Crippen molar-refractivity contribution < 1.29 is 14.7 Å². The number of aromatic nitrogens is 1. The number of carboxylic acid groups (broad SMARTS) is 1. The van der Waals surface area contributed by atoms with Crippen molar-refractivity contribution in [2.45, 2.75) is 51.1 Å². The quantitative estimate of drug-likeness (QED) is 0.777. The van der Waals surface area contributed by atoms with Crippen molar-refractivity contribution in [2.75, 3.05) is 0 Å². The van der Waals surface area contributed by atoms with E-state index in [0.717, 1.165) is 30.0 Å². The molecule has 1 heterocycles. The van der Waals surface area contributed by atoms with Crippen LogP contribution in [0.15, 0.2) is 5.38 Å². The first-order valence-electron chi connectivity index (χ1n) is 6.63. The first-order chi connectivity index (χ1) is 9.40. The molecule has 1 aliphatic carbocycles. The van der Waals surface area contributed by atoms with Gasteiger partial charge in [-0.3, -0.25) is 4.79 Å². The largest absolute Gasteiger partial charge is 0.481 e. The summed E-state index contributed by atoms with van der Waals surface area (Å²) >= 11 is 1.50. The van der Waals surface area contributed by atoms with Crippen molar-refractivity contribution in [2.24, 2.45) is 0 Å². The van der Waals surface area contributed by atoms with Gasteiger partial charge < -0.3 is 15.7 Å². The highest BCUT2D eigenvalue weighted by Crippen LogP contribution is 2.34. The van der Waals surface area contributed by atoms with Gasteiger partial charge in [0.15, 0.2) is 0 Å². The third-order valence-electron chi connectivity index (χ3n) is 3.53. The second kappa shape index (κ2) is 5.78. The van der Waals surface area contributed by atoms with Gasteiger partial charge >= 0.3 is 12.0 Å². The van der Waals surface area contributed by atoms with Crippen molar-refractivity contribution in [3.8, 4) is 0 Å². The van der Waals surface area contributed by atoms with E-state index in [9.17, 15) is 9.59 Å². The molecule has 6 nitrogen and oxygen atoms in total. The Morgan fingerprint density at radius 1 is 1.55 bits per heavy atom. The van der Waals surface area contributed by atoms with Crippen LogP contribution in [0.1, 0.15) is 49.4 Å². The Morgan fingerprint density at radius 2 is 2.25 bits per heavy atom. The number of rotatable bonds is 5. The van der Waals surface area contributed by atoms with Crippen LogP contribution < -0.4 is 10.6 Å². The molecule has 0 aliphatic heterocycles. The summed E-state index contributed by atoms with van der Waals surface area (Å²) in [5.74, 6) is -0.881. The fourth-order valence-corrected chi connectivity index (χ4v) is 3.15. The normalized spacial score (nSPS) is 17.9. The number of carbonyl (C=O) groups is 2. The van der Waals surface area contributed by atoms with Crippen LogP contribution >= 0.6 is 11.3 Å². The van der Waals surface area contributed by atoms with Crippen LogP contribution in [-0.4, -0.2) is 27.6 Å². The van der Waals surface area contributed by atoms with Gasteiger partial charge in [-0.25, -0.2) is 9.78 Å². The highest BCUT2D eigenvalue weighted by molar-refractivity contribution is 7.09. The number of carboxylic acids is 1. The van der Waals surface area contributed by atoms with Crippen molar-refractivity contribution in [1.82, 2.24) is 15.6 Å². The van der Waals surface area contributed by atoms with Crippen LogP contribution in [0.5, 0.6) is 0 Å². The molecule has 0 radical (unpaired) electrons. The molecule has 1 aromatic rings. The molecule has 1 atom stereocenters. The molecule has 1 aliphatic rings. The summed E-state index contributed by atoms with van der Waals surface area (Å²) in [5.41, 5.74) is 0.356. The fourth-order valence-electron chi connectivity index (χ4n) is 2.35. The molecule has 0 bridgehead atoms. The number of nitrogens with one attached hydrogen (secondary N) is 2. The molecule has 1 unspecified atom stereocenters. The highest BCUT2D eigenvalue weighted by Gasteiger charge is 2.40. The molecule has 0 saturated heterocycles. The van der Waals surface area contributed by atoms with E-state index in [0.29, 0.717) is 0 Å². The van der Waals surface area contributed by atoms with Gasteiger partial charge in [-0.15, -0.1) is 11.3 Å². The van der Waals surface area contributed by atoms with Crippen LogP contribution in [0.4, 0.5) is 4.79 Å². The molecule has 1 aromatic heterocycles. The van der Waals surface area contributed by atoms with E-state index < -0.39 is 11.5 Å². The van der Waals surface area contributed by atoms with E-state index in [1.807, 2.05) is 19.2 Å². The summed E-state index contributed by atoms with van der Waals surface area (Å²) in [4.78, 5) is 27.2. The summed E-state index contributed by atoms with van der Waals surface area (Å²) < 4.78 is 0. The smallest absolute Gasteiger partial charge is 0.315 e. The number of hydrogen-bond acceptors (Lipinski definition) is 4. The molecule has 3 N–H and O–H groups in total. The summed E-state index contributed by atoms with van der Waals surface area (Å²) in [6.45, 7) is 3.77. The third-order valence-corrected chi connectivity index (χ3v) is 4.68. The fraction of sp³-hybridized carbons (Fsp3) is 0.615. The Balaban J connectivity index is 1.90. The maximum Gasteiger partial charge on any atom is 0.315 e. The molecule has 110 valence electrons. The summed E-state index contributed by atoms with van der Waals surface area (Å²) in [5, 5.41) is 17.3. The predicted octanol–water partition coefficient (Wildman–Crippen LogP) is 2.21. The minimum atomic E-state index is -0.881. The lowest BCUT2D eigenvalue weighted by Crippen LogP contribution is -2.57. The number of amides is 2. The van der Waals surface area contributed by atoms with Crippen LogP contribution in [0, 0.1) is 6.92 Å². The van der Waals surface area contributed by atoms with Crippen LogP contribution in [0.3, 0.4) is 0 Å². The number of thiazole rings is 1.